The number of rotatable bonds is 3. The van der Waals surface area contributed by atoms with Crippen LogP contribution in [0.1, 0.15) is 22.8 Å². The van der Waals surface area contributed by atoms with Gasteiger partial charge in [-0.05, 0) is 24.6 Å². The molecule has 0 saturated carbocycles. The van der Waals surface area contributed by atoms with E-state index in [0.717, 1.165) is 5.56 Å². The monoisotopic (exact) mass is 235 g/mol. The van der Waals surface area contributed by atoms with Crippen LogP contribution in [0.15, 0.2) is 24.3 Å². The van der Waals surface area contributed by atoms with Gasteiger partial charge in [0, 0.05) is 6.54 Å². The third-order valence-electron chi connectivity index (χ3n) is 2.77. The lowest BCUT2D eigenvalue weighted by molar-refractivity contribution is 0.0696. The summed E-state index contributed by atoms with van der Waals surface area (Å²) in [6.07, 6.45) is -0.320. The van der Waals surface area contributed by atoms with Gasteiger partial charge in [-0.25, -0.2) is 9.59 Å². The number of nitrogens with zero attached hydrogens (tertiary/aromatic N) is 1. The molecule has 1 aromatic rings. The van der Waals surface area contributed by atoms with Crippen molar-refractivity contribution in [2.75, 3.05) is 6.61 Å². The van der Waals surface area contributed by atoms with Gasteiger partial charge in [0.25, 0.3) is 0 Å². The van der Waals surface area contributed by atoms with E-state index in [1.807, 2.05) is 6.92 Å². The summed E-state index contributed by atoms with van der Waals surface area (Å²) in [6.45, 7) is 2.77. The molecule has 0 aromatic heterocycles. The lowest BCUT2D eigenvalue weighted by atomic mass is 10.1. The van der Waals surface area contributed by atoms with Gasteiger partial charge in [0.1, 0.15) is 6.61 Å². The highest BCUT2D eigenvalue weighted by Crippen LogP contribution is 2.16. The second kappa shape index (κ2) is 4.45. The van der Waals surface area contributed by atoms with Gasteiger partial charge in [0.2, 0.25) is 0 Å². The van der Waals surface area contributed by atoms with Gasteiger partial charge >= 0.3 is 12.1 Å². The summed E-state index contributed by atoms with van der Waals surface area (Å²) in [6, 6.07) is 6.54. The summed E-state index contributed by atoms with van der Waals surface area (Å²) in [4.78, 5) is 23.7. The standard InChI is InChI=1S/C12H13NO4/c1-8-7-17-12(16)13(8)6-9-2-4-10(5-3-9)11(14)15/h2-5,8H,6-7H2,1H3,(H,14,15). The molecule has 1 atom stereocenters. The zero-order valence-corrected chi connectivity index (χ0v) is 9.42. The molecule has 5 nitrogen and oxygen atoms in total. The molecular formula is C12H13NO4. The van der Waals surface area contributed by atoms with E-state index in [0.29, 0.717) is 13.2 Å². The Balaban J connectivity index is 2.08. The maximum atomic E-state index is 11.4. The number of hydrogen-bond acceptors (Lipinski definition) is 3. The van der Waals surface area contributed by atoms with E-state index in [4.69, 9.17) is 9.84 Å². The van der Waals surface area contributed by atoms with E-state index < -0.39 is 5.97 Å². The fraction of sp³-hybridized carbons (Fsp3) is 0.333. The van der Waals surface area contributed by atoms with Gasteiger partial charge in [-0.1, -0.05) is 12.1 Å². The van der Waals surface area contributed by atoms with Crippen LogP contribution in [0.3, 0.4) is 0 Å². The van der Waals surface area contributed by atoms with Gasteiger partial charge < -0.3 is 9.84 Å². The molecule has 0 aliphatic carbocycles. The molecule has 1 aliphatic heterocycles. The van der Waals surface area contributed by atoms with Crippen LogP contribution < -0.4 is 0 Å². The molecule has 1 aromatic carbocycles. The fourth-order valence-electron chi connectivity index (χ4n) is 1.71. The van der Waals surface area contributed by atoms with Gasteiger partial charge in [0.15, 0.2) is 0 Å². The van der Waals surface area contributed by atoms with Crippen LogP contribution in [0, 0.1) is 0 Å². The van der Waals surface area contributed by atoms with E-state index in [1.165, 1.54) is 12.1 Å². The predicted octanol–water partition coefficient (Wildman–Crippen LogP) is 1.73. The SMILES string of the molecule is CC1COC(=O)N1Cc1ccc(C(=O)O)cc1. The topological polar surface area (TPSA) is 66.8 Å². The Morgan fingerprint density at radius 2 is 2.12 bits per heavy atom. The zero-order chi connectivity index (χ0) is 12.4. The minimum atomic E-state index is -0.953. The molecule has 0 spiro atoms. The number of aromatic carboxylic acids is 1. The molecule has 1 unspecified atom stereocenters. The maximum absolute atomic E-state index is 11.4. The third kappa shape index (κ3) is 2.38. The molecule has 1 N–H and O–H groups in total. The second-order valence-electron chi connectivity index (χ2n) is 4.06. The summed E-state index contributed by atoms with van der Waals surface area (Å²) in [5, 5.41) is 8.76. The van der Waals surface area contributed by atoms with Crippen LogP contribution in [0.5, 0.6) is 0 Å². The van der Waals surface area contributed by atoms with Crippen LogP contribution >= 0.6 is 0 Å². The minimum Gasteiger partial charge on any atom is -0.478 e. The summed E-state index contributed by atoms with van der Waals surface area (Å²) < 4.78 is 4.90. The Kier molecular flexibility index (Phi) is 2.99. The highest BCUT2D eigenvalue weighted by molar-refractivity contribution is 5.87. The number of ether oxygens (including phenoxy) is 1. The van der Waals surface area contributed by atoms with Crippen molar-refractivity contribution in [3.05, 3.63) is 35.4 Å². The number of carbonyl (C=O) groups excluding carboxylic acids is 1. The van der Waals surface area contributed by atoms with Crippen molar-refractivity contribution in [2.45, 2.75) is 19.5 Å². The number of hydrogen-bond donors (Lipinski definition) is 1. The van der Waals surface area contributed by atoms with Crippen molar-refractivity contribution >= 4 is 12.1 Å². The van der Waals surface area contributed by atoms with Crippen molar-refractivity contribution in [1.82, 2.24) is 4.90 Å². The van der Waals surface area contributed by atoms with Crippen molar-refractivity contribution in [2.24, 2.45) is 0 Å². The molecule has 0 radical (unpaired) electrons. The summed E-state index contributed by atoms with van der Waals surface area (Å²) in [7, 11) is 0. The summed E-state index contributed by atoms with van der Waals surface area (Å²) in [5.41, 5.74) is 1.13. The van der Waals surface area contributed by atoms with Crippen LogP contribution in [0.25, 0.3) is 0 Å². The normalized spacial score (nSPS) is 19.2. The molecule has 90 valence electrons. The van der Waals surface area contributed by atoms with Gasteiger partial charge in [-0.15, -0.1) is 0 Å². The van der Waals surface area contributed by atoms with E-state index in [9.17, 15) is 9.59 Å². The lowest BCUT2D eigenvalue weighted by Gasteiger charge is -2.17. The number of carbonyl (C=O) groups is 2. The number of amides is 1. The van der Waals surface area contributed by atoms with Crippen molar-refractivity contribution in [3.63, 3.8) is 0 Å². The first-order chi connectivity index (χ1) is 8.08. The Morgan fingerprint density at radius 3 is 2.59 bits per heavy atom. The first-order valence-electron chi connectivity index (χ1n) is 5.33. The Bertz CT molecular complexity index is 440. The van der Waals surface area contributed by atoms with Crippen LogP contribution in [0.4, 0.5) is 4.79 Å². The molecular weight excluding hydrogens is 222 g/mol. The largest absolute Gasteiger partial charge is 0.478 e. The summed E-state index contributed by atoms with van der Waals surface area (Å²) >= 11 is 0. The van der Waals surface area contributed by atoms with Crippen molar-refractivity contribution in [1.29, 1.82) is 0 Å². The average molecular weight is 235 g/mol. The molecule has 5 heteroatoms. The Morgan fingerprint density at radius 1 is 1.47 bits per heavy atom. The highest BCUT2D eigenvalue weighted by atomic mass is 16.6. The highest BCUT2D eigenvalue weighted by Gasteiger charge is 2.29. The molecule has 1 heterocycles. The van der Waals surface area contributed by atoms with Crippen LogP contribution in [0.2, 0.25) is 0 Å². The molecule has 1 fully saturated rings. The van der Waals surface area contributed by atoms with Crippen molar-refractivity contribution < 1.29 is 19.4 Å². The smallest absolute Gasteiger partial charge is 0.410 e. The first-order valence-corrected chi connectivity index (χ1v) is 5.33. The first kappa shape index (κ1) is 11.4. The van der Waals surface area contributed by atoms with E-state index in [2.05, 4.69) is 0 Å². The van der Waals surface area contributed by atoms with Crippen LogP contribution in [-0.4, -0.2) is 34.7 Å². The van der Waals surface area contributed by atoms with E-state index >= 15 is 0 Å². The fourth-order valence-corrected chi connectivity index (χ4v) is 1.71. The van der Waals surface area contributed by atoms with E-state index in [1.54, 1.807) is 17.0 Å². The van der Waals surface area contributed by atoms with Crippen molar-refractivity contribution in [3.8, 4) is 0 Å². The van der Waals surface area contributed by atoms with E-state index in [-0.39, 0.29) is 17.7 Å². The molecule has 1 saturated heterocycles. The third-order valence-corrected chi connectivity index (χ3v) is 2.77. The molecule has 0 bridgehead atoms. The molecule has 1 aliphatic rings. The second-order valence-corrected chi connectivity index (χ2v) is 4.06. The predicted molar refractivity (Wildman–Crippen MR) is 59.8 cm³/mol. The summed E-state index contributed by atoms with van der Waals surface area (Å²) in [5.74, 6) is -0.953. The van der Waals surface area contributed by atoms with Gasteiger partial charge in [-0.3, -0.25) is 4.90 Å². The Labute approximate surface area is 98.6 Å². The van der Waals surface area contributed by atoms with Gasteiger partial charge in [0.05, 0.1) is 11.6 Å². The number of carboxylic acids is 1. The molecule has 1 amide bonds. The van der Waals surface area contributed by atoms with Crippen LogP contribution in [-0.2, 0) is 11.3 Å². The number of cyclic esters (lactones) is 1. The zero-order valence-electron chi connectivity index (χ0n) is 9.42. The minimum absolute atomic E-state index is 0.0571. The Hall–Kier alpha value is -2.04. The molecule has 2 rings (SSSR count). The lowest BCUT2D eigenvalue weighted by Crippen LogP contribution is -2.30. The molecule has 17 heavy (non-hydrogen) atoms. The number of benzene rings is 1. The average Bonchev–Trinajstić information content (AvgIpc) is 2.61. The maximum Gasteiger partial charge on any atom is 0.410 e. The quantitative estimate of drug-likeness (QED) is 0.866. The number of carboxylic acid groups (broad SMARTS) is 1. The van der Waals surface area contributed by atoms with Gasteiger partial charge in [-0.2, -0.15) is 0 Å².